The number of rotatable bonds is 10. The molecule has 2 nitrogen and oxygen atoms in total. The number of nitrogens with zero attached hydrogens (tertiary/aromatic N) is 2. The molecule has 16 heavy (non-hydrogen) atoms. The molecule has 2 heteroatoms. The van der Waals surface area contributed by atoms with E-state index in [1.165, 1.54) is 31.5 Å². The minimum absolute atomic E-state index is 1.14. The monoisotopic (exact) mass is 226 g/mol. The van der Waals surface area contributed by atoms with Crippen LogP contribution in [-0.4, -0.2) is 36.0 Å². The molecule has 0 rings (SSSR count). The predicted octanol–water partition coefficient (Wildman–Crippen LogP) is 3.70. The number of hydrogen-bond donors (Lipinski definition) is 0. The Hall–Kier alpha value is -0.660. The quantitative estimate of drug-likeness (QED) is 0.560. The summed E-state index contributed by atoms with van der Waals surface area (Å²) in [7, 11) is 0. The van der Waals surface area contributed by atoms with E-state index in [0.717, 1.165) is 26.2 Å². The molecule has 96 valence electrons. The molecule has 0 unspecified atom stereocenters. The molecule has 0 aromatic carbocycles. The second kappa shape index (κ2) is 9.56. The van der Waals surface area contributed by atoms with Crippen LogP contribution in [-0.2, 0) is 0 Å². The first-order chi connectivity index (χ1) is 7.71. The largest absolute Gasteiger partial charge is 0.359 e. The van der Waals surface area contributed by atoms with Crippen LogP contribution >= 0.6 is 0 Å². The molecule has 0 amide bonds. The van der Waals surface area contributed by atoms with E-state index < -0.39 is 0 Å². The van der Waals surface area contributed by atoms with Crippen molar-refractivity contribution in [1.29, 1.82) is 0 Å². The standard InChI is InChI=1S/C14H30N2/c1-6-10-15(11-7-2)14(5)16(12-8-3)13-9-4/h5-13H2,1-4H3. The third-order valence-corrected chi connectivity index (χ3v) is 2.70. The van der Waals surface area contributed by atoms with Crippen LogP contribution in [0, 0.1) is 0 Å². The zero-order chi connectivity index (χ0) is 12.4. The first-order valence-corrected chi connectivity index (χ1v) is 6.89. The van der Waals surface area contributed by atoms with Crippen LogP contribution in [0.2, 0.25) is 0 Å². The first kappa shape index (κ1) is 15.3. The van der Waals surface area contributed by atoms with Gasteiger partial charge in [-0.1, -0.05) is 34.3 Å². The topological polar surface area (TPSA) is 6.48 Å². The van der Waals surface area contributed by atoms with Crippen molar-refractivity contribution in [2.24, 2.45) is 0 Å². The summed E-state index contributed by atoms with van der Waals surface area (Å²) in [4.78, 5) is 4.87. The van der Waals surface area contributed by atoms with Gasteiger partial charge in [0.15, 0.2) is 0 Å². The van der Waals surface area contributed by atoms with Crippen LogP contribution < -0.4 is 0 Å². The Morgan fingerprint density at radius 2 is 0.938 bits per heavy atom. The zero-order valence-corrected chi connectivity index (χ0v) is 11.8. The van der Waals surface area contributed by atoms with Crippen LogP contribution in [0.1, 0.15) is 53.4 Å². The summed E-state index contributed by atoms with van der Waals surface area (Å²) in [5.74, 6) is 1.23. The van der Waals surface area contributed by atoms with Gasteiger partial charge in [0.2, 0.25) is 0 Å². The van der Waals surface area contributed by atoms with Crippen LogP contribution in [0.3, 0.4) is 0 Å². The van der Waals surface area contributed by atoms with Gasteiger partial charge in [0.05, 0.1) is 5.82 Å². The zero-order valence-electron chi connectivity index (χ0n) is 11.8. The highest BCUT2D eigenvalue weighted by atomic mass is 15.3. The van der Waals surface area contributed by atoms with Crippen molar-refractivity contribution < 1.29 is 0 Å². The van der Waals surface area contributed by atoms with Gasteiger partial charge < -0.3 is 9.80 Å². The molecule has 0 spiro atoms. The van der Waals surface area contributed by atoms with Crippen molar-refractivity contribution in [2.75, 3.05) is 26.2 Å². The molecular weight excluding hydrogens is 196 g/mol. The highest BCUT2D eigenvalue weighted by molar-refractivity contribution is 4.93. The minimum Gasteiger partial charge on any atom is -0.359 e. The second-order valence-corrected chi connectivity index (χ2v) is 4.39. The van der Waals surface area contributed by atoms with Gasteiger partial charge in [0.25, 0.3) is 0 Å². The highest BCUT2D eigenvalue weighted by Crippen LogP contribution is 2.11. The van der Waals surface area contributed by atoms with Crippen molar-refractivity contribution >= 4 is 0 Å². The molecule has 0 fully saturated rings. The Balaban J connectivity index is 4.38. The van der Waals surface area contributed by atoms with Crippen molar-refractivity contribution in [3.8, 4) is 0 Å². The van der Waals surface area contributed by atoms with E-state index in [9.17, 15) is 0 Å². The summed E-state index contributed by atoms with van der Waals surface area (Å²) < 4.78 is 0. The summed E-state index contributed by atoms with van der Waals surface area (Å²) in [6.45, 7) is 17.8. The molecule has 0 aliphatic carbocycles. The summed E-state index contributed by atoms with van der Waals surface area (Å²) in [5.41, 5.74) is 0. The molecule has 0 aromatic rings. The van der Waals surface area contributed by atoms with E-state index in [4.69, 9.17) is 0 Å². The maximum atomic E-state index is 4.28. The van der Waals surface area contributed by atoms with Gasteiger partial charge in [0, 0.05) is 26.2 Å². The third kappa shape index (κ3) is 5.43. The van der Waals surface area contributed by atoms with E-state index >= 15 is 0 Å². The third-order valence-electron chi connectivity index (χ3n) is 2.70. The summed E-state index contributed by atoms with van der Waals surface area (Å²) >= 11 is 0. The van der Waals surface area contributed by atoms with E-state index in [-0.39, 0.29) is 0 Å². The second-order valence-electron chi connectivity index (χ2n) is 4.39. The smallest absolute Gasteiger partial charge is 0.0965 e. The van der Waals surface area contributed by atoms with Crippen molar-refractivity contribution in [3.63, 3.8) is 0 Å². The van der Waals surface area contributed by atoms with Crippen LogP contribution in [0.25, 0.3) is 0 Å². The maximum Gasteiger partial charge on any atom is 0.0965 e. The number of hydrogen-bond acceptors (Lipinski definition) is 2. The molecule has 0 saturated heterocycles. The maximum absolute atomic E-state index is 4.28. The Labute approximate surface area is 102 Å². The predicted molar refractivity (Wildman–Crippen MR) is 73.5 cm³/mol. The fraction of sp³-hybridized carbons (Fsp3) is 0.857. The fourth-order valence-electron chi connectivity index (χ4n) is 2.02. The Bertz CT molecular complexity index is 148. The van der Waals surface area contributed by atoms with Crippen LogP contribution in [0.4, 0.5) is 0 Å². The lowest BCUT2D eigenvalue weighted by Crippen LogP contribution is -2.36. The first-order valence-electron chi connectivity index (χ1n) is 6.89. The Morgan fingerprint density at radius 3 is 1.12 bits per heavy atom. The van der Waals surface area contributed by atoms with E-state index in [0.29, 0.717) is 0 Å². The van der Waals surface area contributed by atoms with Crippen molar-refractivity contribution in [3.05, 3.63) is 12.4 Å². The SMILES string of the molecule is C=C(N(CCC)CCC)N(CCC)CCC. The lowest BCUT2D eigenvalue weighted by atomic mass is 10.3. The molecule has 0 atom stereocenters. The molecule has 0 aliphatic rings. The molecule has 0 aliphatic heterocycles. The molecule has 0 bridgehead atoms. The summed E-state index contributed by atoms with van der Waals surface area (Å²) in [6.07, 6.45) is 4.80. The fourth-order valence-corrected chi connectivity index (χ4v) is 2.02. The molecule has 0 heterocycles. The average molecular weight is 226 g/mol. The summed E-state index contributed by atoms with van der Waals surface area (Å²) in [6, 6.07) is 0. The molecule has 0 saturated carbocycles. The van der Waals surface area contributed by atoms with E-state index in [1.54, 1.807) is 0 Å². The minimum atomic E-state index is 1.14. The van der Waals surface area contributed by atoms with Gasteiger partial charge in [-0.3, -0.25) is 0 Å². The van der Waals surface area contributed by atoms with Crippen LogP contribution in [0.15, 0.2) is 12.4 Å². The lowest BCUT2D eigenvalue weighted by Gasteiger charge is -2.35. The van der Waals surface area contributed by atoms with Gasteiger partial charge in [-0.15, -0.1) is 0 Å². The van der Waals surface area contributed by atoms with E-state index in [2.05, 4.69) is 44.1 Å². The van der Waals surface area contributed by atoms with Crippen molar-refractivity contribution in [1.82, 2.24) is 9.80 Å². The average Bonchev–Trinajstić information content (AvgIpc) is 2.27. The molecule has 0 N–H and O–H groups in total. The van der Waals surface area contributed by atoms with Gasteiger partial charge in [0.1, 0.15) is 0 Å². The Kier molecular flexibility index (Phi) is 9.16. The van der Waals surface area contributed by atoms with Gasteiger partial charge >= 0.3 is 0 Å². The van der Waals surface area contributed by atoms with Gasteiger partial charge in [-0.05, 0) is 25.7 Å². The molecule has 0 aromatic heterocycles. The van der Waals surface area contributed by atoms with Gasteiger partial charge in [-0.2, -0.15) is 0 Å². The molecular formula is C14H30N2. The summed E-state index contributed by atoms with van der Waals surface area (Å²) in [5, 5.41) is 0. The van der Waals surface area contributed by atoms with Crippen molar-refractivity contribution in [2.45, 2.75) is 53.4 Å². The van der Waals surface area contributed by atoms with Crippen LogP contribution in [0.5, 0.6) is 0 Å². The normalized spacial score (nSPS) is 10.2. The highest BCUT2D eigenvalue weighted by Gasteiger charge is 2.11. The Morgan fingerprint density at radius 1 is 0.688 bits per heavy atom. The lowest BCUT2D eigenvalue weighted by molar-refractivity contribution is 0.209. The molecule has 0 radical (unpaired) electrons. The van der Waals surface area contributed by atoms with E-state index in [1.807, 2.05) is 0 Å². The van der Waals surface area contributed by atoms with Gasteiger partial charge in [-0.25, -0.2) is 0 Å².